The highest BCUT2D eigenvalue weighted by Gasteiger charge is 2.45. The summed E-state index contributed by atoms with van der Waals surface area (Å²) in [5, 5.41) is 4.06. The number of carbonyl (C=O) groups excluding carboxylic acids is 1. The maximum atomic E-state index is 12.7. The quantitative estimate of drug-likeness (QED) is 0.874. The molecule has 5 heteroatoms. The molecule has 0 radical (unpaired) electrons. The van der Waals surface area contributed by atoms with Crippen LogP contribution in [-0.4, -0.2) is 27.2 Å². The van der Waals surface area contributed by atoms with E-state index < -0.39 is 0 Å². The molecular weight excluding hydrogens is 276 g/mol. The summed E-state index contributed by atoms with van der Waals surface area (Å²) in [6, 6.07) is 8.44. The fourth-order valence-electron chi connectivity index (χ4n) is 4.03. The third kappa shape index (κ3) is 2.12. The third-order valence-electron chi connectivity index (χ3n) is 5.11. The number of para-hydroxylation sites is 1. The predicted molar refractivity (Wildman–Crippen MR) is 83.6 cm³/mol. The van der Waals surface area contributed by atoms with E-state index in [0.717, 1.165) is 12.2 Å². The van der Waals surface area contributed by atoms with Crippen molar-refractivity contribution in [3.05, 3.63) is 42.5 Å². The zero-order valence-electron chi connectivity index (χ0n) is 12.6. The van der Waals surface area contributed by atoms with E-state index in [9.17, 15) is 4.79 Å². The zero-order valence-corrected chi connectivity index (χ0v) is 12.6. The van der Waals surface area contributed by atoms with Crippen LogP contribution >= 0.6 is 0 Å². The Morgan fingerprint density at radius 1 is 1.23 bits per heavy atom. The lowest BCUT2D eigenvalue weighted by atomic mass is 9.81. The minimum Gasteiger partial charge on any atom is -0.311 e. The second-order valence-electron chi connectivity index (χ2n) is 6.39. The number of aromatic nitrogens is 3. The van der Waals surface area contributed by atoms with Crippen LogP contribution in [0.1, 0.15) is 37.7 Å². The van der Waals surface area contributed by atoms with E-state index in [1.807, 2.05) is 11.0 Å². The molecule has 2 aromatic rings. The maximum absolute atomic E-state index is 12.7. The Labute approximate surface area is 130 Å². The SMILES string of the molecule is O=C(CCn1cncn1)N1CC2(CCCC2)c2ccccc21. The Balaban J connectivity index is 1.56. The fourth-order valence-corrected chi connectivity index (χ4v) is 4.03. The predicted octanol–water partition coefficient (Wildman–Crippen LogP) is 2.53. The molecule has 1 aromatic carbocycles. The molecule has 1 aliphatic carbocycles. The topological polar surface area (TPSA) is 51.0 Å². The number of amides is 1. The van der Waals surface area contributed by atoms with E-state index in [4.69, 9.17) is 0 Å². The van der Waals surface area contributed by atoms with Crippen LogP contribution in [-0.2, 0) is 16.8 Å². The molecule has 2 heterocycles. The first-order valence-corrected chi connectivity index (χ1v) is 8.01. The number of hydrogen-bond donors (Lipinski definition) is 0. The van der Waals surface area contributed by atoms with Crippen molar-refractivity contribution in [2.75, 3.05) is 11.4 Å². The molecule has 1 spiro atoms. The number of carbonyl (C=O) groups is 1. The van der Waals surface area contributed by atoms with Crippen LogP contribution in [0, 0.1) is 0 Å². The minimum atomic E-state index is 0.187. The lowest BCUT2D eigenvalue weighted by molar-refractivity contribution is -0.118. The van der Waals surface area contributed by atoms with Crippen molar-refractivity contribution in [3.63, 3.8) is 0 Å². The largest absolute Gasteiger partial charge is 0.311 e. The fraction of sp³-hybridized carbons (Fsp3) is 0.471. The summed E-state index contributed by atoms with van der Waals surface area (Å²) in [6.07, 6.45) is 8.58. The van der Waals surface area contributed by atoms with Gasteiger partial charge >= 0.3 is 0 Å². The lowest BCUT2D eigenvalue weighted by Crippen LogP contribution is -2.35. The van der Waals surface area contributed by atoms with Gasteiger partial charge in [0.15, 0.2) is 0 Å². The molecule has 4 rings (SSSR count). The van der Waals surface area contributed by atoms with Gasteiger partial charge in [-0.15, -0.1) is 0 Å². The summed E-state index contributed by atoms with van der Waals surface area (Å²) >= 11 is 0. The monoisotopic (exact) mass is 296 g/mol. The molecule has 0 saturated heterocycles. The molecular formula is C17H20N4O. The first-order valence-electron chi connectivity index (χ1n) is 8.01. The number of fused-ring (bicyclic) bond motifs is 2. The van der Waals surface area contributed by atoms with Gasteiger partial charge in [-0.1, -0.05) is 31.0 Å². The first-order chi connectivity index (χ1) is 10.8. The van der Waals surface area contributed by atoms with Crippen LogP contribution in [0.15, 0.2) is 36.9 Å². The molecule has 1 fully saturated rings. The van der Waals surface area contributed by atoms with Gasteiger partial charge in [0.05, 0.1) is 6.54 Å². The lowest BCUT2D eigenvalue weighted by Gasteiger charge is -2.24. The summed E-state index contributed by atoms with van der Waals surface area (Å²) < 4.78 is 1.71. The smallest absolute Gasteiger partial charge is 0.228 e. The average molecular weight is 296 g/mol. The average Bonchev–Trinajstić information content (AvgIpc) is 3.28. The number of benzene rings is 1. The molecule has 114 valence electrons. The molecule has 0 bridgehead atoms. The van der Waals surface area contributed by atoms with Crippen molar-refractivity contribution in [2.45, 2.75) is 44.1 Å². The molecule has 1 saturated carbocycles. The number of rotatable bonds is 3. The third-order valence-corrected chi connectivity index (χ3v) is 5.11. The van der Waals surface area contributed by atoms with Crippen molar-refractivity contribution < 1.29 is 4.79 Å². The van der Waals surface area contributed by atoms with Gasteiger partial charge in [0.1, 0.15) is 12.7 Å². The van der Waals surface area contributed by atoms with Gasteiger partial charge in [0.25, 0.3) is 0 Å². The van der Waals surface area contributed by atoms with Crippen molar-refractivity contribution in [3.8, 4) is 0 Å². The van der Waals surface area contributed by atoms with Gasteiger partial charge in [-0.2, -0.15) is 5.10 Å². The molecule has 1 amide bonds. The zero-order chi connectivity index (χ0) is 15.0. The van der Waals surface area contributed by atoms with Crippen molar-refractivity contribution >= 4 is 11.6 Å². The highest BCUT2D eigenvalue weighted by molar-refractivity contribution is 5.96. The van der Waals surface area contributed by atoms with Crippen LogP contribution in [0.4, 0.5) is 5.69 Å². The molecule has 0 unspecified atom stereocenters. The molecule has 1 aliphatic heterocycles. The van der Waals surface area contributed by atoms with Crippen LogP contribution in [0.5, 0.6) is 0 Å². The molecule has 1 aromatic heterocycles. The van der Waals surface area contributed by atoms with Crippen molar-refractivity contribution in [2.24, 2.45) is 0 Å². The highest BCUT2D eigenvalue weighted by Crippen LogP contribution is 2.50. The number of hydrogen-bond acceptors (Lipinski definition) is 3. The summed E-state index contributed by atoms with van der Waals surface area (Å²) in [5.41, 5.74) is 2.70. The van der Waals surface area contributed by atoms with Gasteiger partial charge in [-0.05, 0) is 24.5 Å². The van der Waals surface area contributed by atoms with E-state index in [-0.39, 0.29) is 11.3 Å². The highest BCUT2D eigenvalue weighted by atomic mass is 16.2. The Morgan fingerprint density at radius 2 is 2.05 bits per heavy atom. The normalized spacial score (nSPS) is 18.8. The van der Waals surface area contributed by atoms with Gasteiger partial charge in [0.2, 0.25) is 5.91 Å². The van der Waals surface area contributed by atoms with E-state index in [1.54, 1.807) is 11.0 Å². The van der Waals surface area contributed by atoms with E-state index in [2.05, 4.69) is 28.3 Å². The van der Waals surface area contributed by atoms with E-state index in [1.165, 1.54) is 37.6 Å². The molecule has 5 nitrogen and oxygen atoms in total. The minimum absolute atomic E-state index is 0.187. The second kappa shape index (κ2) is 5.23. The van der Waals surface area contributed by atoms with Gasteiger partial charge in [0, 0.05) is 24.1 Å². The van der Waals surface area contributed by atoms with Crippen LogP contribution < -0.4 is 4.90 Å². The number of anilines is 1. The number of aryl methyl sites for hydroxylation is 1. The molecule has 0 atom stereocenters. The molecule has 0 N–H and O–H groups in total. The molecule has 22 heavy (non-hydrogen) atoms. The van der Waals surface area contributed by atoms with Crippen LogP contribution in [0.25, 0.3) is 0 Å². The number of nitrogens with zero attached hydrogens (tertiary/aromatic N) is 4. The Kier molecular flexibility index (Phi) is 3.21. The summed E-state index contributed by atoms with van der Waals surface area (Å²) in [4.78, 5) is 18.6. The maximum Gasteiger partial charge on any atom is 0.228 e. The standard InChI is InChI=1S/C17H20N4O/c22-16(7-10-20-13-18-12-19-20)21-11-17(8-3-4-9-17)14-5-1-2-6-15(14)21/h1-2,5-6,12-13H,3-4,7-11H2. The van der Waals surface area contributed by atoms with Crippen molar-refractivity contribution in [1.82, 2.24) is 14.8 Å². The van der Waals surface area contributed by atoms with Crippen LogP contribution in [0.3, 0.4) is 0 Å². The van der Waals surface area contributed by atoms with Crippen molar-refractivity contribution in [1.29, 1.82) is 0 Å². The van der Waals surface area contributed by atoms with E-state index in [0.29, 0.717) is 13.0 Å². The second-order valence-corrected chi connectivity index (χ2v) is 6.39. The van der Waals surface area contributed by atoms with Gasteiger partial charge in [-0.3, -0.25) is 9.48 Å². The van der Waals surface area contributed by atoms with Gasteiger partial charge in [-0.25, -0.2) is 4.98 Å². The van der Waals surface area contributed by atoms with Gasteiger partial charge < -0.3 is 4.90 Å². The summed E-state index contributed by atoms with van der Waals surface area (Å²) in [5.74, 6) is 0.187. The molecule has 2 aliphatic rings. The van der Waals surface area contributed by atoms with Crippen LogP contribution in [0.2, 0.25) is 0 Å². The van der Waals surface area contributed by atoms with E-state index >= 15 is 0 Å². The Morgan fingerprint density at radius 3 is 2.82 bits per heavy atom. The summed E-state index contributed by atoms with van der Waals surface area (Å²) in [7, 11) is 0. The Bertz CT molecular complexity index is 674. The first kappa shape index (κ1) is 13.5. The Hall–Kier alpha value is -2.17. The summed E-state index contributed by atoms with van der Waals surface area (Å²) in [6.45, 7) is 1.44.